The van der Waals surface area contributed by atoms with Gasteiger partial charge in [0.25, 0.3) is 5.91 Å². The number of carboxylic acids is 1. The van der Waals surface area contributed by atoms with Crippen molar-refractivity contribution in [2.24, 2.45) is 0 Å². The first-order chi connectivity index (χ1) is 20.9. The average Bonchev–Trinajstić information content (AvgIpc) is 3.04. The van der Waals surface area contributed by atoms with Gasteiger partial charge in [0.1, 0.15) is 24.1 Å². The van der Waals surface area contributed by atoms with Crippen LogP contribution in [-0.2, 0) is 16.0 Å². The summed E-state index contributed by atoms with van der Waals surface area (Å²) in [5.41, 5.74) is 2.80. The topological polar surface area (TPSA) is 105 Å². The summed E-state index contributed by atoms with van der Waals surface area (Å²) < 4.78 is 11.4. The molecule has 0 aromatic heterocycles. The van der Waals surface area contributed by atoms with Crippen LogP contribution < -0.4 is 19.7 Å². The molecule has 43 heavy (non-hydrogen) atoms. The Morgan fingerprint density at radius 2 is 1.56 bits per heavy atom. The summed E-state index contributed by atoms with van der Waals surface area (Å²) in [6.45, 7) is 2.30. The number of allylic oxidation sites excluding steroid dienone is 1. The molecular formula is C35H34N2O6. The van der Waals surface area contributed by atoms with Crippen molar-refractivity contribution in [3.63, 3.8) is 0 Å². The molecule has 0 heterocycles. The number of carbonyl (C=O) groups excluding carboxylic acids is 2. The largest absolute Gasteiger partial charge is 0.495 e. The van der Waals surface area contributed by atoms with Crippen LogP contribution in [0.3, 0.4) is 0 Å². The van der Waals surface area contributed by atoms with E-state index in [2.05, 4.69) is 5.32 Å². The number of nitrogens with one attached hydrogen (secondary N) is 1. The SMILES string of the molecule is CC=CC(=O)N(CCOc1ccc(C[C@H](Nc2ccccc2C(=O)c2ccccc2)C(=O)O)cc1)c1ccccc1OC. The van der Waals surface area contributed by atoms with Gasteiger partial charge in [0, 0.05) is 23.2 Å². The molecule has 0 aliphatic carbocycles. The van der Waals surface area contributed by atoms with Gasteiger partial charge in [-0.1, -0.05) is 72.8 Å². The van der Waals surface area contributed by atoms with Gasteiger partial charge >= 0.3 is 5.97 Å². The van der Waals surface area contributed by atoms with E-state index in [0.29, 0.717) is 34.0 Å². The van der Waals surface area contributed by atoms with Gasteiger partial charge in [0.2, 0.25) is 0 Å². The minimum absolute atomic E-state index is 0.183. The first kappa shape index (κ1) is 30.6. The molecule has 0 saturated carbocycles. The van der Waals surface area contributed by atoms with Crippen LogP contribution in [-0.4, -0.2) is 49.1 Å². The molecule has 0 aliphatic heterocycles. The zero-order valence-electron chi connectivity index (χ0n) is 24.1. The van der Waals surface area contributed by atoms with E-state index in [1.165, 1.54) is 6.08 Å². The quantitative estimate of drug-likeness (QED) is 0.139. The van der Waals surface area contributed by atoms with Gasteiger partial charge in [-0.3, -0.25) is 9.59 Å². The fraction of sp³-hybridized carbons (Fsp3) is 0.171. The number of anilines is 2. The predicted molar refractivity (Wildman–Crippen MR) is 167 cm³/mol. The maximum atomic E-state index is 13.1. The van der Waals surface area contributed by atoms with Crippen molar-refractivity contribution in [2.75, 3.05) is 30.5 Å². The molecule has 4 rings (SSSR count). The number of benzene rings is 4. The van der Waals surface area contributed by atoms with Crippen molar-refractivity contribution >= 4 is 29.0 Å². The highest BCUT2D eigenvalue weighted by atomic mass is 16.5. The third-order valence-electron chi connectivity index (χ3n) is 6.73. The molecule has 0 unspecified atom stereocenters. The number of ether oxygens (including phenoxy) is 2. The first-order valence-electron chi connectivity index (χ1n) is 13.9. The van der Waals surface area contributed by atoms with Gasteiger partial charge < -0.3 is 24.8 Å². The maximum Gasteiger partial charge on any atom is 0.326 e. The van der Waals surface area contributed by atoms with Gasteiger partial charge in [0.05, 0.1) is 19.3 Å². The fourth-order valence-corrected chi connectivity index (χ4v) is 4.59. The van der Waals surface area contributed by atoms with Crippen LogP contribution in [0.15, 0.2) is 115 Å². The second kappa shape index (κ2) is 15.0. The minimum atomic E-state index is -1.04. The second-order valence-electron chi connectivity index (χ2n) is 9.63. The van der Waals surface area contributed by atoms with E-state index < -0.39 is 12.0 Å². The van der Waals surface area contributed by atoms with E-state index in [-0.39, 0.29) is 31.3 Å². The molecule has 0 aliphatic rings. The Morgan fingerprint density at radius 1 is 0.884 bits per heavy atom. The molecule has 0 saturated heterocycles. The molecule has 220 valence electrons. The summed E-state index contributed by atoms with van der Waals surface area (Å²) in [5.74, 6) is -0.250. The molecule has 0 radical (unpaired) electrons. The Hall–Kier alpha value is -5.37. The normalized spacial score (nSPS) is 11.5. The van der Waals surface area contributed by atoms with E-state index in [0.717, 1.165) is 5.56 Å². The molecule has 4 aromatic rings. The zero-order valence-corrected chi connectivity index (χ0v) is 24.1. The Labute approximate surface area is 251 Å². The monoisotopic (exact) mass is 578 g/mol. The highest BCUT2D eigenvalue weighted by Crippen LogP contribution is 2.28. The number of rotatable bonds is 14. The second-order valence-corrected chi connectivity index (χ2v) is 9.63. The summed E-state index contributed by atoms with van der Waals surface area (Å²) in [5, 5.41) is 13.0. The van der Waals surface area contributed by atoms with Crippen LogP contribution in [0.2, 0.25) is 0 Å². The van der Waals surface area contributed by atoms with Gasteiger partial charge in [0.15, 0.2) is 5.78 Å². The number of aliphatic carboxylic acids is 1. The fourth-order valence-electron chi connectivity index (χ4n) is 4.59. The molecule has 1 amide bonds. The lowest BCUT2D eigenvalue weighted by Gasteiger charge is -2.23. The Kier molecular flexibility index (Phi) is 10.7. The third kappa shape index (κ3) is 8.10. The van der Waals surface area contributed by atoms with Crippen molar-refractivity contribution in [1.82, 2.24) is 0 Å². The van der Waals surface area contributed by atoms with Gasteiger partial charge in [-0.25, -0.2) is 4.79 Å². The van der Waals surface area contributed by atoms with Crippen molar-refractivity contribution in [2.45, 2.75) is 19.4 Å². The van der Waals surface area contributed by atoms with Gasteiger partial charge in [-0.2, -0.15) is 0 Å². The van der Waals surface area contributed by atoms with Crippen LogP contribution in [0.5, 0.6) is 11.5 Å². The number of para-hydroxylation sites is 3. The summed E-state index contributed by atoms with van der Waals surface area (Å²) in [4.78, 5) is 39.6. The molecule has 0 bridgehead atoms. The number of methoxy groups -OCH3 is 1. The molecule has 0 fully saturated rings. The molecule has 1 atom stereocenters. The third-order valence-corrected chi connectivity index (χ3v) is 6.73. The van der Waals surface area contributed by atoms with E-state index in [1.807, 2.05) is 24.3 Å². The summed E-state index contributed by atoms with van der Waals surface area (Å²) in [6.07, 6.45) is 3.36. The number of hydrogen-bond acceptors (Lipinski definition) is 6. The predicted octanol–water partition coefficient (Wildman–Crippen LogP) is 6.02. The molecule has 8 nitrogen and oxygen atoms in total. The molecule has 4 aromatic carbocycles. The Morgan fingerprint density at radius 3 is 2.26 bits per heavy atom. The van der Waals surface area contributed by atoms with Crippen molar-refractivity contribution in [3.8, 4) is 11.5 Å². The van der Waals surface area contributed by atoms with Crippen molar-refractivity contribution in [3.05, 3.63) is 132 Å². The lowest BCUT2D eigenvalue weighted by Crippen LogP contribution is -2.33. The first-order valence-corrected chi connectivity index (χ1v) is 13.9. The standard InChI is InChI=1S/C35H34N2O6/c1-3-11-33(38)37(31-16-9-10-17-32(31)42-2)22-23-43-27-20-18-25(19-21-27)24-30(35(40)41)36-29-15-8-7-14-28(29)34(39)26-12-5-4-6-13-26/h3-21,30,36H,22-24H2,1-2H3,(H,40,41)/t30-/m0/s1. The van der Waals surface area contributed by atoms with Crippen LogP contribution in [0, 0.1) is 0 Å². The van der Waals surface area contributed by atoms with Gasteiger partial charge in [-0.15, -0.1) is 0 Å². The number of carbonyl (C=O) groups is 3. The number of amides is 1. The summed E-state index contributed by atoms with van der Waals surface area (Å²) in [6, 6.07) is 29.2. The highest BCUT2D eigenvalue weighted by molar-refractivity contribution is 6.12. The van der Waals surface area contributed by atoms with E-state index in [1.54, 1.807) is 104 Å². The van der Waals surface area contributed by atoms with Gasteiger partial charge in [-0.05, 0) is 55.0 Å². The van der Waals surface area contributed by atoms with Crippen molar-refractivity contribution < 1.29 is 29.0 Å². The number of carboxylic acid groups (broad SMARTS) is 1. The van der Waals surface area contributed by atoms with Crippen LogP contribution >= 0.6 is 0 Å². The van der Waals surface area contributed by atoms with Crippen molar-refractivity contribution in [1.29, 1.82) is 0 Å². The average molecular weight is 579 g/mol. The Bertz CT molecular complexity index is 1570. The molecule has 0 spiro atoms. The maximum absolute atomic E-state index is 13.1. The van der Waals surface area contributed by atoms with Crippen LogP contribution in [0.4, 0.5) is 11.4 Å². The van der Waals surface area contributed by atoms with Crippen LogP contribution in [0.1, 0.15) is 28.4 Å². The van der Waals surface area contributed by atoms with E-state index in [9.17, 15) is 19.5 Å². The lowest BCUT2D eigenvalue weighted by atomic mass is 10.00. The summed E-state index contributed by atoms with van der Waals surface area (Å²) in [7, 11) is 1.56. The number of ketones is 1. The minimum Gasteiger partial charge on any atom is -0.495 e. The van der Waals surface area contributed by atoms with Crippen LogP contribution in [0.25, 0.3) is 0 Å². The smallest absolute Gasteiger partial charge is 0.326 e. The highest BCUT2D eigenvalue weighted by Gasteiger charge is 2.22. The summed E-state index contributed by atoms with van der Waals surface area (Å²) >= 11 is 0. The zero-order chi connectivity index (χ0) is 30.6. The van der Waals surface area contributed by atoms with E-state index in [4.69, 9.17) is 9.47 Å². The van der Waals surface area contributed by atoms with E-state index >= 15 is 0 Å². The molecule has 8 heteroatoms. The molecular weight excluding hydrogens is 544 g/mol. The number of hydrogen-bond donors (Lipinski definition) is 2. The number of nitrogens with zero attached hydrogens (tertiary/aromatic N) is 1. The molecule has 2 N–H and O–H groups in total. The lowest BCUT2D eigenvalue weighted by molar-refractivity contribution is -0.137. The Balaban J connectivity index is 1.40.